The highest BCUT2D eigenvalue weighted by molar-refractivity contribution is 6.01. The number of amides is 3. The van der Waals surface area contributed by atoms with Crippen molar-refractivity contribution in [1.82, 2.24) is 14.7 Å². The molecule has 2 saturated heterocycles. The second kappa shape index (κ2) is 11.9. The molecular weight excluding hydrogens is 534 g/mol. The van der Waals surface area contributed by atoms with Gasteiger partial charge in [-0.05, 0) is 79.4 Å². The Hall–Kier alpha value is -3.49. The summed E-state index contributed by atoms with van der Waals surface area (Å²) in [5.74, 6) is -0.494. The van der Waals surface area contributed by atoms with E-state index in [1.54, 1.807) is 23.1 Å². The lowest BCUT2D eigenvalue weighted by Gasteiger charge is -2.39. The molecule has 2 fully saturated rings. The summed E-state index contributed by atoms with van der Waals surface area (Å²) < 4.78 is 27.9. The smallest absolute Gasteiger partial charge is 0.327 e. The highest BCUT2D eigenvalue weighted by atomic mass is 35.5. The number of piperidine rings is 1. The van der Waals surface area contributed by atoms with Crippen molar-refractivity contribution in [3.05, 3.63) is 95.6 Å². The van der Waals surface area contributed by atoms with E-state index < -0.39 is 0 Å². The highest BCUT2D eigenvalue weighted by Gasteiger charge is 2.42. The molecule has 0 radical (unpaired) electrons. The molecule has 3 aromatic carbocycles. The number of hydrogen-bond acceptors (Lipinski definition) is 4. The second-order valence-corrected chi connectivity index (χ2v) is 10.7. The van der Waals surface area contributed by atoms with Gasteiger partial charge in [0.05, 0.1) is 6.54 Å². The van der Waals surface area contributed by atoms with E-state index in [9.17, 15) is 18.4 Å². The first kappa shape index (κ1) is 28.1. The Labute approximate surface area is 239 Å². The number of likely N-dealkylation sites (tertiary alicyclic amines) is 1. The van der Waals surface area contributed by atoms with Crippen LogP contribution in [-0.2, 0) is 11.3 Å². The molecule has 3 amide bonds. The van der Waals surface area contributed by atoms with Gasteiger partial charge < -0.3 is 14.7 Å². The number of hydrogen-bond donors (Lipinski definition) is 0. The summed E-state index contributed by atoms with van der Waals surface area (Å²) in [5, 5.41) is 0. The molecule has 3 aliphatic rings. The van der Waals surface area contributed by atoms with E-state index >= 15 is 0 Å². The molecule has 0 spiro atoms. The van der Waals surface area contributed by atoms with Gasteiger partial charge in [-0.15, -0.1) is 12.4 Å². The van der Waals surface area contributed by atoms with Crippen molar-refractivity contribution in [1.29, 1.82) is 0 Å². The average Bonchev–Trinajstić information content (AvgIpc) is 3.40. The minimum atomic E-state index is -0.271. The van der Waals surface area contributed by atoms with Gasteiger partial charge in [0.15, 0.2) is 0 Å². The quantitative estimate of drug-likeness (QED) is 0.250. The van der Waals surface area contributed by atoms with Gasteiger partial charge in [-0.25, -0.2) is 13.6 Å². The SMILES string of the molecule is Cl.O=C1CN(CCCCN2CCC3C(C2)c2cc(F)ccc2N3c2ccc(F)cc2)C(=O)N1Cc1ccccc1. The van der Waals surface area contributed by atoms with Crippen LogP contribution in [0.2, 0.25) is 0 Å². The third kappa shape index (κ3) is 5.56. The molecule has 3 aliphatic heterocycles. The van der Waals surface area contributed by atoms with E-state index in [-0.39, 0.29) is 54.5 Å². The average molecular weight is 567 g/mol. The van der Waals surface area contributed by atoms with Gasteiger partial charge in [0.1, 0.15) is 18.2 Å². The lowest BCUT2D eigenvalue weighted by molar-refractivity contribution is -0.125. The number of imide groups is 1. The number of unbranched alkanes of at least 4 members (excludes halogenated alkanes) is 1. The van der Waals surface area contributed by atoms with Crippen LogP contribution in [0.5, 0.6) is 0 Å². The normalized spacial score (nSPS) is 20.5. The van der Waals surface area contributed by atoms with Gasteiger partial charge in [0, 0.05) is 43.0 Å². The minimum Gasteiger partial charge on any atom is -0.337 e. The molecule has 2 atom stereocenters. The van der Waals surface area contributed by atoms with E-state index in [0.717, 1.165) is 61.4 Å². The molecule has 9 heteroatoms. The fourth-order valence-electron chi connectivity index (χ4n) is 6.31. The van der Waals surface area contributed by atoms with Crippen molar-refractivity contribution < 1.29 is 18.4 Å². The Morgan fingerprint density at radius 3 is 2.35 bits per heavy atom. The largest absolute Gasteiger partial charge is 0.337 e. The fraction of sp³-hybridized carbons (Fsp3) is 0.355. The van der Waals surface area contributed by atoms with Crippen LogP contribution in [0.4, 0.5) is 25.0 Å². The van der Waals surface area contributed by atoms with Crippen LogP contribution < -0.4 is 4.90 Å². The van der Waals surface area contributed by atoms with Gasteiger partial charge in [0.25, 0.3) is 5.91 Å². The minimum absolute atomic E-state index is 0. The first-order valence-corrected chi connectivity index (χ1v) is 13.7. The Morgan fingerprint density at radius 2 is 1.57 bits per heavy atom. The van der Waals surface area contributed by atoms with Crippen molar-refractivity contribution in [3.63, 3.8) is 0 Å². The van der Waals surface area contributed by atoms with Crippen molar-refractivity contribution in [2.24, 2.45) is 0 Å². The van der Waals surface area contributed by atoms with E-state index in [0.29, 0.717) is 13.1 Å². The van der Waals surface area contributed by atoms with Gasteiger partial charge in [-0.3, -0.25) is 9.69 Å². The molecule has 3 heterocycles. The maximum atomic E-state index is 14.3. The Morgan fingerprint density at radius 1 is 0.850 bits per heavy atom. The highest BCUT2D eigenvalue weighted by Crippen LogP contribution is 2.48. The van der Waals surface area contributed by atoms with Crippen LogP contribution in [-0.4, -0.2) is 65.4 Å². The molecule has 0 N–H and O–H groups in total. The fourth-order valence-corrected chi connectivity index (χ4v) is 6.31. The van der Waals surface area contributed by atoms with Crippen LogP contribution in [0.15, 0.2) is 72.8 Å². The Kier molecular flexibility index (Phi) is 8.38. The molecule has 6 nitrogen and oxygen atoms in total. The van der Waals surface area contributed by atoms with Crippen molar-refractivity contribution in [2.75, 3.05) is 37.6 Å². The van der Waals surface area contributed by atoms with Crippen molar-refractivity contribution >= 4 is 35.7 Å². The molecule has 6 rings (SSSR count). The molecule has 2 unspecified atom stereocenters. The Balaban J connectivity index is 0.00000323. The molecule has 40 heavy (non-hydrogen) atoms. The third-order valence-corrected chi connectivity index (χ3v) is 8.21. The van der Waals surface area contributed by atoms with Crippen LogP contribution >= 0.6 is 12.4 Å². The second-order valence-electron chi connectivity index (χ2n) is 10.7. The van der Waals surface area contributed by atoms with Crippen molar-refractivity contribution in [3.8, 4) is 0 Å². The number of carbonyl (C=O) groups is 2. The molecule has 210 valence electrons. The van der Waals surface area contributed by atoms with Gasteiger partial charge in [-0.1, -0.05) is 30.3 Å². The summed E-state index contributed by atoms with van der Waals surface area (Å²) in [6.45, 7) is 3.63. The number of anilines is 2. The van der Waals surface area contributed by atoms with E-state index in [1.807, 2.05) is 36.4 Å². The lowest BCUT2D eigenvalue weighted by Crippen LogP contribution is -2.45. The number of nitrogens with zero attached hydrogens (tertiary/aromatic N) is 4. The van der Waals surface area contributed by atoms with E-state index in [2.05, 4.69) is 9.80 Å². The predicted molar refractivity (Wildman–Crippen MR) is 153 cm³/mol. The van der Waals surface area contributed by atoms with Gasteiger partial charge in [-0.2, -0.15) is 0 Å². The predicted octanol–water partition coefficient (Wildman–Crippen LogP) is 5.94. The molecule has 0 bridgehead atoms. The summed E-state index contributed by atoms with van der Waals surface area (Å²) in [4.78, 5) is 32.9. The zero-order chi connectivity index (χ0) is 26.9. The number of fused-ring (bicyclic) bond motifs is 3. The van der Waals surface area contributed by atoms with Crippen LogP contribution in [0, 0.1) is 11.6 Å². The topological polar surface area (TPSA) is 47.1 Å². The third-order valence-electron chi connectivity index (χ3n) is 8.21. The standard InChI is InChI=1S/C31H32F2N4O2.ClH/c32-23-8-11-25(12-9-23)37-28-13-10-24(33)18-26(28)27-20-34(17-14-29(27)37)15-4-5-16-35-21-30(38)36(31(35)39)19-22-6-2-1-3-7-22;/h1-3,6-13,18,27,29H,4-5,14-17,19-21H2;1H. The monoisotopic (exact) mass is 566 g/mol. The number of benzene rings is 3. The zero-order valence-electron chi connectivity index (χ0n) is 22.2. The zero-order valence-corrected chi connectivity index (χ0v) is 23.0. The molecule has 0 saturated carbocycles. The molecule has 3 aromatic rings. The number of urea groups is 1. The summed E-state index contributed by atoms with van der Waals surface area (Å²) >= 11 is 0. The summed E-state index contributed by atoms with van der Waals surface area (Å²) in [6.07, 6.45) is 2.65. The maximum Gasteiger partial charge on any atom is 0.327 e. The maximum absolute atomic E-state index is 14.3. The van der Waals surface area contributed by atoms with E-state index in [1.165, 1.54) is 23.1 Å². The lowest BCUT2D eigenvalue weighted by atomic mass is 9.89. The molecular formula is C31H33ClF2N4O2. The van der Waals surface area contributed by atoms with Crippen LogP contribution in [0.25, 0.3) is 0 Å². The Bertz CT molecular complexity index is 1360. The number of carbonyl (C=O) groups excluding carboxylic acids is 2. The van der Waals surface area contributed by atoms with E-state index in [4.69, 9.17) is 0 Å². The summed E-state index contributed by atoms with van der Waals surface area (Å²) in [5.41, 5.74) is 3.87. The number of halogens is 3. The van der Waals surface area contributed by atoms with Gasteiger partial charge in [0.2, 0.25) is 0 Å². The van der Waals surface area contributed by atoms with Crippen LogP contribution in [0.1, 0.15) is 36.3 Å². The number of rotatable bonds is 8. The molecule has 0 aromatic heterocycles. The first-order chi connectivity index (χ1) is 19.0. The first-order valence-electron chi connectivity index (χ1n) is 13.7. The van der Waals surface area contributed by atoms with Crippen molar-refractivity contribution in [2.45, 2.75) is 37.8 Å². The molecule has 0 aliphatic carbocycles. The van der Waals surface area contributed by atoms with Gasteiger partial charge >= 0.3 is 6.03 Å². The van der Waals surface area contributed by atoms with Crippen LogP contribution in [0.3, 0.4) is 0 Å². The summed E-state index contributed by atoms with van der Waals surface area (Å²) in [6, 6.07) is 21.1. The summed E-state index contributed by atoms with van der Waals surface area (Å²) in [7, 11) is 0.